The van der Waals surface area contributed by atoms with Crippen LogP contribution in [0.1, 0.15) is 13.3 Å². The predicted octanol–water partition coefficient (Wildman–Crippen LogP) is 0.239. The van der Waals surface area contributed by atoms with Gasteiger partial charge in [0.15, 0.2) is 0 Å². The molecule has 72 valence electrons. The fourth-order valence-electron chi connectivity index (χ4n) is 1.78. The number of aliphatic hydroxyl groups is 1. The molecule has 3 atom stereocenters. The molecule has 2 N–H and O–H groups in total. The van der Waals surface area contributed by atoms with Crippen LogP contribution in [-0.2, 0) is 4.74 Å². The van der Waals surface area contributed by atoms with Crippen molar-refractivity contribution in [2.75, 3.05) is 26.8 Å². The summed E-state index contributed by atoms with van der Waals surface area (Å²) in [7, 11) is 1.72. The number of β-amino-alcohol motifs (C(OH)–C–C–N with tert-alkyl or cyclic N) is 1. The van der Waals surface area contributed by atoms with Gasteiger partial charge in [0.05, 0.1) is 6.10 Å². The number of hydrogen-bond donors (Lipinski definition) is 2. The summed E-state index contributed by atoms with van der Waals surface area (Å²) in [4.78, 5) is 0. The third kappa shape index (κ3) is 2.44. The molecule has 1 heterocycles. The van der Waals surface area contributed by atoms with Gasteiger partial charge in [0.2, 0.25) is 0 Å². The van der Waals surface area contributed by atoms with Gasteiger partial charge < -0.3 is 15.2 Å². The quantitative estimate of drug-likeness (QED) is 0.640. The summed E-state index contributed by atoms with van der Waals surface area (Å²) < 4.78 is 5.01. The SMILES string of the molecule is COCCC(C)[C@@H]1CNC[C@H]1O. The van der Waals surface area contributed by atoms with E-state index >= 15 is 0 Å². The summed E-state index contributed by atoms with van der Waals surface area (Å²) in [5.41, 5.74) is 0. The van der Waals surface area contributed by atoms with Crippen molar-refractivity contribution in [3.05, 3.63) is 0 Å². The van der Waals surface area contributed by atoms with Crippen LogP contribution >= 0.6 is 0 Å². The molecular weight excluding hydrogens is 154 g/mol. The minimum absolute atomic E-state index is 0.156. The van der Waals surface area contributed by atoms with E-state index in [1.807, 2.05) is 0 Å². The largest absolute Gasteiger partial charge is 0.391 e. The smallest absolute Gasteiger partial charge is 0.0707 e. The Balaban J connectivity index is 2.25. The molecule has 0 aromatic heterocycles. The lowest BCUT2D eigenvalue weighted by Crippen LogP contribution is -2.25. The Morgan fingerprint density at radius 2 is 2.33 bits per heavy atom. The van der Waals surface area contributed by atoms with Gasteiger partial charge in [-0.3, -0.25) is 0 Å². The van der Waals surface area contributed by atoms with Crippen molar-refractivity contribution in [1.82, 2.24) is 5.32 Å². The number of nitrogens with one attached hydrogen (secondary N) is 1. The van der Waals surface area contributed by atoms with Crippen LogP contribution in [0.3, 0.4) is 0 Å². The second-order valence-corrected chi connectivity index (χ2v) is 3.65. The average Bonchev–Trinajstić information content (AvgIpc) is 2.47. The highest BCUT2D eigenvalue weighted by molar-refractivity contribution is 4.83. The molecule has 0 saturated carbocycles. The first-order valence-electron chi connectivity index (χ1n) is 4.63. The lowest BCUT2D eigenvalue weighted by atomic mass is 9.89. The molecule has 1 aliphatic rings. The van der Waals surface area contributed by atoms with Gasteiger partial charge in [-0.05, 0) is 12.3 Å². The minimum Gasteiger partial charge on any atom is -0.391 e. The van der Waals surface area contributed by atoms with E-state index in [-0.39, 0.29) is 6.10 Å². The van der Waals surface area contributed by atoms with Gasteiger partial charge in [-0.25, -0.2) is 0 Å². The van der Waals surface area contributed by atoms with E-state index in [1.165, 1.54) is 0 Å². The normalized spacial score (nSPS) is 32.2. The molecular formula is C9H19NO2. The highest BCUT2D eigenvalue weighted by Gasteiger charge is 2.29. The number of aliphatic hydroxyl groups excluding tert-OH is 1. The Bertz CT molecular complexity index is 130. The molecule has 0 aromatic rings. The molecule has 3 heteroatoms. The number of rotatable bonds is 4. The van der Waals surface area contributed by atoms with E-state index in [9.17, 15) is 5.11 Å². The van der Waals surface area contributed by atoms with Gasteiger partial charge in [0.25, 0.3) is 0 Å². The van der Waals surface area contributed by atoms with Crippen molar-refractivity contribution in [3.8, 4) is 0 Å². The number of ether oxygens (including phenoxy) is 1. The Morgan fingerprint density at radius 3 is 2.83 bits per heavy atom. The van der Waals surface area contributed by atoms with Crippen LogP contribution in [0.25, 0.3) is 0 Å². The molecule has 1 aliphatic heterocycles. The highest BCUT2D eigenvalue weighted by Crippen LogP contribution is 2.21. The van der Waals surface area contributed by atoms with Gasteiger partial charge in [-0.2, -0.15) is 0 Å². The second-order valence-electron chi connectivity index (χ2n) is 3.65. The molecule has 1 fully saturated rings. The Hall–Kier alpha value is -0.120. The number of hydrogen-bond acceptors (Lipinski definition) is 3. The third-order valence-electron chi connectivity index (χ3n) is 2.74. The Morgan fingerprint density at radius 1 is 1.58 bits per heavy atom. The lowest BCUT2D eigenvalue weighted by molar-refractivity contribution is 0.0984. The molecule has 0 aliphatic carbocycles. The monoisotopic (exact) mass is 173 g/mol. The topological polar surface area (TPSA) is 41.5 Å². The first kappa shape index (κ1) is 9.96. The zero-order chi connectivity index (χ0) is 8.97. The molecule has 1 saturated heterocycles. The zero-order valence-corrected chi connectivity index (χ0v) is 7.92. The van der Waals surface area contributed by atoms with Gasteiger partial charge in [0, 0.05) is 32.7 Å². The number of methoxy groups -OCH3 is 1. The Kier molecular flexibility index (Phi) is 3.98. The van der Waals surface area contributed by atoms with Crippen LogP contribution in [0.5, 0.6) is 0 Å². The molecule has 1 unspecified atom stereocenters. The van der Waals surface area contributed by atoms with Crippen LogP contribution in [0.2, 0.25) is 0 Å². The van der Waals surface area contributed by atoms with Crippen molar-refractivity contribution < 1.29 is 9.84 Å². The molecule has 3 nitrogen and oxygen atoms in total. The molecule has 0 bridgehead atoms. The Labute approximate surface area is 74.1 Å². The summed E-state index contributed by atoms with van der Waals surface area (Å²) in [6, 6.07) is 0. The van der Waals surface area contributed by atoms with E-state index in [2.05, 4.69) is 12.2 Å². The summed E-state index contributed by atoms with van der Waals surface area (Å²) in [6.07, 6.45) is 0.886. The fraction of sp³-hybridized carbons (Fsp3) is 1.00. The van der Waals surface area contributed by atoms with E-state index in [1.54, 1.807) is 7.11 Å². The standard InChI is InChI=1S/C9H19NO2/c1-7(3-4-12-2)8-5-10-6-9(8)11/h7-11H,3-6H2,1-2H3/t7?,8-,9+/m0/s1. The first-order valence-corrected chi connectivity index (χ1v) is 4.63. The predicted molar refractivity (Wildman–Crippen MR) is 48.0 cm³/mol. The van der Waals surface area contributed by atoms with Crippen LogP contribution in [-0.4, -0.2) is 38.0 Å². The summed E-state index contributed by atoms with van der Waals surface area (Å²) in [5, 5.41) is 12.7. The summed E-state index contributed by atoms with van der Waals surface area (Å²) in [5.74, 6) is 0.968. The van der Waals surface area contributed by atoms with E-state index in [0.29, 0.717) is 11.8 Å². The molecule has 12 heavy (non-hydrogen) atoms. The van der Waals surface area contributed by atoms with Gasteiger partial charge >= 0.3 is 0 Å². The molecule has 0 radical (unpaired) electrons. The maximum absolute atomic E-state index is 9.56. The first-order chi connectivity index (χ1) is 5.75. The van der Waals surface area contributed by atoms with Gasteiger partial charge in [0.1, 0.15) is 0 Å². The molecule has 0 aromatic carbocycles. The zero-order valence-electron chi connectivity index (χ0n) is 7.92. The lowest BCUT2D eigenvalue weighted by Gasteiger charge is -2.20. The van der Waals surface area contributed by atoms with Crippen molar-refractivity contribution >= 4 is 0 Å². The van der Waals surface area contributed by atoms with Crippen molar-refractivity contribution in [1.29, 1.82) is 0 Å². The van der Waals surface area contributed by atoms with Gasteiger partial charge in [-0.15, -0.1) is 0 Å². The maximum atomic E-state index is 9.56. The summed E-state index contributed by atoms with van der Waals surface area (Å²) in [6.45, 7) is 4.68. The second kappa shape index (κ2) is 4.80. The summed E-state index contributed by atoms with van der Waals surface area (Å²) >= 11 is 0. The van der Waals surface area contributed by atoms with Crippen LogP contribution in [0, 0.1) is 11.8 Å². The van der Waals surface area contributed by atoms with E-state index in [0.717, 1.165) is 26.1 Å². The minimum atomic E-state index is -0.156. The third-order valence-corrected chi connectivity index (χ3v) is 2.74. The van der Waals surface area contributed by atoms with Gasteiger partial charge in [-0.1, -0.05) is 6.92 Å². The van der Waals surface area contributed by atoms with Crippen molar-refractivity contribution in [2.45, 2.75) is 19.4 Å². The highest BCUT2D eigenvalue weighted by atomic mass is 16.5. The van der Waals surface area contributed by atoms with Crippen LogP contribution in [0.4, 0.5) is 0 Å². The van der Waals surface area contributed by atoms with Crippen molar-refractivity contribution in [3.63, 3.8) is 0 Å². The van der Waals surface area contributed by atoms with E-state index < -0.39 is 0 Å². The molecule has 1 rings (SSSR count). The fourth-order valence-corrected chi connectivity index (χ4v) is 1.78. The van der Waals surface area contributed by atoms with Crippen molar-refractivity contribution in [2.24, 2.45) is 11.8 Å². The molecule has 0 spiro atoms. The van der Waals surface area contributed by atoms with E-state index in [4.69, 9.17) is 4.74 Å². The van der Waals surface area contributed by atoms with Crippen LogP contribution < -0.4 is 5.32 Å². The van der Waals surface area contributed by atoms with Crippen LogP contribution in [0.15, 0.2) is 0 Å². The molecule has 0 amide bonds. The average molecular weight is 173 g/mol. The maximum Gasteiger partial charge on any atom is 0.0707 e.